The number of hydrogen-bond donors (Lipinski definition) is 2. The van der Waals surface area contributed by atoms with Gasteiger partial charge in [0.15, 0.2) is 5.75 Å². The van der Waals surface area contributed by atoms with Crippen molar-refractivity contribution in [1.29, 1.82) is 0 Å². The lowest BCUT2D eigenvalue weighted by atomic mass is 10.0. The molecule has 1 fully saturated rings. The Balaban J connectivity index is 2.40. The highest BCUT2D eigenvalue weighted by molar-refractivity contribution is 5.57. The summed E-state index contributed by atoms with van der Waals surface area (Å²) in [5.41, 5.74) is 0.414. The zero-order valence-corrected chi connectivity index (χ0v) is 10.9. The maximum atomic E-state index is 10.9. The number of hydrogen-bond acceptors (Lipinski definition) is 6. The van der Waals surface area contributed by atoms with Crippen molar-refractivity contribution in [2.24, 2.45) is 0 Å². The zero-order chi connectivity index (χ0) is 14.0. The summed E-state index contributed by atoms with van der Waals surface area (Å²) in [6.07, 6.45) is 0. The largest absolute Gasteiger partial charge is 0.500 e. The fraction of sp³-hybridized carbons (Fsp3) is 0.500. The molecule has 19 heavy (non-hydrogen) atoms. The molecule has 2 N–H and O–H groups in total. The van der Waals surface area contributed by atoms with E-state index in [1.165, 1.54) is 13.2 Å². The Morgan fingerprint density at radius 1 is 1.58 bits per heavy atom. The highest BCUT2D eigenvalue weighted by Gasteiger charge is 2.25. The third-order valence-electron chi connectivity index (χ3n) is 3.27. The minimum absolute atomic E-state index is 0.00745. The molecule has 0 spiro atoms. The van der Waals surface area contributed by atoms with E-state index < -0.39 is 10.7 Å². The number of rotatable bonds is 3. The molecule has 0 radical (unpaired) electrons. The Bertz CT molecular complexity index is 492. The molecule has 1 aromatic rings. The van der Waals surface area contributed by atoms with Crippen molar-refractivity contribution in [1.82, 2.24) is 10.2 Å². The van der Waals surface area contributed by atoms with Gasteiger partial charge in [0.05, 0.1) is 12.0 Å². The first-order valence-electron chi connectivity index (χ1n) is 6.00. The molecule has 104 valence electrons. The van der Waals surface area contributed by atoms with Crippen LogP contribution in [0.1, 0.15) is 11.6 Å². The van der Waals surface area contributed by atoms with Gasteiger partial charge in [-0.25, -0.2) is 0 Å². The quantitative estimate of drug-likeness (QED) is 0.624. The molecule has 0 aliphatic carbocycles. The van der Waals surface area contributed by atoms with Gasteiger partial charge in [-0.05, 0) is 18.7 Å². The summed E-state index contributed by atoms with van der Waals surface area (Å²) in [6, 6.07) is 3.03. The molecule has 1 aromatic carbocycles. The summed E-state index contributed by atoms with van der Waals surface area (Å²) < 4.78 is 5.00. The molecule has 0 amide bonds. The Kier molecular flexibility index (Phi) is 3.87. The first-order valence-corrected chi connectivity index (χ1v) is 6.00. The number of methoxy groups -OCH3 is 1. The van der Waals surface area contributed by atoms with Crippen molar-refractivity contribution >= 4 is 5.69 Å². The van der Waals surface area contributed by atoms with Crippen LogP contribution in [0.25, 0.3) is 0 Å². The van der Waals surface area contributed by atoms with Gasteiger partial charge in [0.2, 0.25) is 5.75 Å². The highest BCUT2D eigenvalue weighted by atomic mass is 16.6. The van der Waals surface area contributed by atoms with Crippen LogP contribution in [0.3, 0.4) is 0 Å². The molecule has 1 heterocycles. The van der Waals surface area contributed by atoms with E-state index in [4.69, 9.17) is 4.74 Å². The van der Waals surface area contributed by atoms with Gasteiger partial charge in [-0.2, -0.15) is 0 Å². The van der Waals surface area contributed by atoms with E-state index in [-0.39, 0.29) is 17.5 Å². The van der Waals surface area contributed by atoms with Crippen LogP contribution in [0.5, 0.6) is 11.5 Å². The molecule has 7 nitrogen and oxygen atoms in total. The summed E-state index contributed by atoms with van der Waals surface area (Å²) in [5, 5.41) is 24.0. The van der Waals surface area contributed by atoms with E-state index in [1.807, 2.05) is 7.05 Å². The minimum atomic E-state index is -0.603. The molecule has 0 saturated carbocycles. The van der Waals surface area contributed by atoms with Gasteiger partial charge in [0, 0.05) is 31.7 Å². The van der Waals surface area contributed by atoms with E-state index in [1.54, 1.807) is 6.07 Å². The summed E-state index contributed by atoms with van der Waals surface area (Å²) >= 11 is 0. The first kappa shape index (κ1) is 13.6. The highest BCUT2D eigenvalue weighted by Crippen LogP contribution is 2.38. The van der Waals surface area contributed by atoms with E-state index in [9.17, 15) is 15.2 Å². The number of nitro benzene ring substituents is 1. The van der Waals surface area contributed by atoms with E-state index in [0.29, 0.717) is 0 Å². The molecular weight excluding hydrogens is 250 g/mol. The number of ether oxygens (including phenoxy) is 1. The number of likely N-dealkylation sites (N-methyl/N-ethyl adjacent to an activating group) is 1. The molecule has 1 atom stereocenters. The number of nitrogens with one attached hydrogen (secondary N) is 1. The van der Waals surface area contributed by atoms with Crippen molar-refractivity contribution in [2.45, 2.75) is 6.04 Å². The molecule has 1 aliphatic heterocycles. The SMILES string of the molecule is COc1cc(C2CN(C)CCN2)cc([N+](=O)[O-])c1O. The topological polar surface area (TPSA) is 87.9 Å². The van der Waals surface area contributed by atoms with Crippen molar-refractivity contribution < 1.29 is 14.8 Å². The lowest BCUT2D eigenvalue weighted by Gasteiger charge is -2.31. The van der Waals surface area contributed by atoms with Crippen molar-refractivity contribution in [3.8, 4) is 11.5 Å². The van der Waals surface area contributed by atoms with E-state index >= 15 is 0 Å². The smallest absolute Gasteiger partial charge is 0.314 e. The number of aromatic hydroxyl groups is 1. The number of phenolic OH excluding ortho intramolecular Hbond substituents is 1. The van der Waals surface area contributed by atoms with Crippen LogP contribution in [0, 0.1) is 10.1 Å². The monoisotopic (exact) mass is 267 g/mol. The minimum Gasteiger partial charge on any atom is -0.500 e. The van der Waals surface area contributed by atoms with Gasteiger partial charge in [-0.3, -0.25) is 10.1 Å². The molecule has 1 saturated heterocycles. The van der Waals surface area contributed by atoms with Crippen molar-refractivity contribution in [2.75, 3.05) is 33.8 Å². The molecule has 2 rings (SSSR count). The molecule has 1 aliphatic rings. The third-order valence-corrected chi connectivity index (χ3v) is 3.27. The summed E-state index contributed by atoms with van der Waals surface area (Å²) in [4.78, 5) is 12.5. The van der Waals surface area contributed by atoms with Gasteiger partial charge in [-0.15, -0.1) is 0 Å². The maximum absolute atomic E-state index is 10.9. The van der Waals surface area contributed by atoms with Crippen LogP contribution < -0.4 is 10.1 Å². The summed E-state index contributed by atoms with van der Waals surface area (Å²) in [6.45, 7) is 2.51. The van der Waals surface area contributed by atoms with E-state index in [0.717, 1.165) is 25.2 Å². The number of nitrogens with zero attached hydrogens (tertiary/aromatic N) is 2. The van der Waals surface area contributed by atoms with Crippen LogP contribution in [0.15, 0.2) is 12.1 Å². The maximum Gasteiger partial charge on any atom is 0.314 e. The second-order valence-electron chi connectivity index (χ2n) is 4.62. The number of benzene rings is 1. The average molecular weight is 267 g/mol. The fourth-order valence-electron chi connectivity index (χ4n) is 2.23. The van der Waals surface area contributed by atoms with Crippen LogP contribution in [0.4, 0.5) is 5.69 Å². The Morgan fingerprint density at radius 2 is 2.32 bits per heavy atom. The van der Waals surface area contributed by atoms with Gasteiger partial charge in [0.25, 0.3) is 0 Å². The Hall–Kier alpha value is -1.86. The summed E-state index contributed by atoms with van der Waals surface area (Å²) in [7, 11) is 3.38. The van der Waals surface area contributed by atoms with Crippen molar-refractivity contribution in [3.63, 3.8) is 0 Å². The molecular formula is C12H17N3O4. The normalized spacial score (nSPS) is 20.2. The second-order valence-corrected chi connectivity index (χ2v) is 4.62. The number of nitro groups is 1. The first-order chi connectivity index (χ1) is 9.02. The zero-order valence-electron chi connectivity index (χ0n) is 10.9. The van der Waals surface area contributed by atoms with Gasteiger partial charge in [0.1, 0.15) is 0 Å². The van der Waals surface area contributed by atoms with Crippen LogP contribution in [-0.2, 0) is 0 Å². The predicted octanol–water partition coefficient (Wildman–Crippen LogP) is 0.885. The molecule has 7 heteroatoms. The number of phenols is 1. The Morgan fingerprint density at radius 3 is 2.89 bits per heavy atom. The molecule has 1 unspecified atom stereocenters. The third kappa shape index (κ3) is 2.77. The van der Waals surface area contributed by atoms with Crippen LogP contribution >= 0.6 is 0 Å². The lowest BCUT2D eigenvalue weighted by Crippen LogP contribution is -2.43. The lowest BCUT2D eigenvalue weighted by molar-refractivity contribution is -0.386. The summed E-state index contributed by atoms with van der Waals surface area (Å²) in [5.74, 6) is -0.306. The number of piperazine rings is 1. The van der Waals surface area contributed by atoms with Crippen LogP contribution in [0.2, 0.25) is 0 Å². The second kappa shape index (κ2) is 5.41. The van der Waals surface area contributed by atoms with Crippen molar-refractivity contribution in [3.05, 3.63) is 27.8 Å². The van der Waals surface area contributed by atoms with Crippen LogP contribution in [-0.4, -0.2) is 48.7 Å². The van der Waals surface area contributed by atoms with Gasteiger partial charge >= 0.3 is 5.69 Å². The molecule has 0 bridgehead atoms. The average Bonchev–Trinajstić information content (AvgIpc) is 2.38. The molecule has 0 aromatic heterocycles. The standard InChI is InChI=1S/C12H17N3O4/c1-14-4-3-13-9(7-14)8-5-10(15(17)18)12(16)11(6-8)19-2/h5-6,9,13,16H,3-4,7H2,1-2H3. The van der Waals surface area contributed by atoms with Gasteiger partial charge < -0.3 is 20.1 Å². The predicted molar refractivity (Wildman–Crippen MR) is 69.6 cm³/mol. The van der Waals surface area contributed by atoms with Gasteiger partial charge in [-0.1, -0.05) is 0 Å². The Labute approximate surface area is 110 Å². The van der Waals surface area contributed by atoms with E-state index in [2.05, 4.69) is 10.2 Å². The fourth-order valence-corrected chi connectivity index (χ4v) is 2.23.